The molecule has 1 aromatic rings. The molecule has 302 valence electrons. The molecule has 0 N–H and O–H groups in total. The van der Waals surface area contributed by atoms with E-state index in [1.54, 1.807) is 0 Å². The quantitative estimate of drug-likeness (QED) is 0.0514. The Balaban J connectivity index is 1.65. The Hall–Kier alpha value is -1.97. The maximum Gasteiger partial charge on any atom is 0.168 e. The van der Waals surface area contributed by atoms with Gasteiger partial charge in [-0.05, 0) is 113 Å². The molecule has 1 fully saturated rings. The summed E-state index contributed by atoms with van der Waals surface area (Å²) in [6.45, 7) is 9.99. The molecule has 0 radical (unpaired) electrons. The molecular weight excluding hydrogens is 647 g/mol. The first-order valence-electron chi connectivity index (χ1n) is 22.8. The normalized spacial score (nSPS) is 16.4. The molecule has 3 nitrogen and oxygen atoms in total. The lowest BCUT2D eigenvalue weighted by molar-refractivity contribution is -0.180. The van der Waals surface area contributed by atoms with Crippen LogP contribution in [0, 0.1) is 0 Å². The Kier molecular flexibility index (Phi) is 28.7. The molecule has 1 aromatic heterocycles. The van der Waals surface area contributed by atoms with E-state index in [4.69, 9.17) is 9.47 Å². The average molecular weight is 732 g/mol. The Morgan fingerprint density at radius 2 is 1.09 bits per heavy atom. The zero-order chi connectivity index (χ0) is 38.0. The molecule has 0 aromatic carbocycles. The van der Waals surface area contributed by atoms with Gasteiger partial charge in [0.1, 0.15) is 0 Å². The zero-order valence-electron chi connectivity index (χ0n) is 35.5. The highest BCUT2D eigenvalue weighted by molar-refractivity contribution is 5.19. The SMILES string of the molecule is CCCCC/C=C\C/C=C\CCCCCCCCC1(CCCCCCCC/C=C\C/C=C\CCCCC)OCC(CCCC(C)(C)c2cccnc2)O1. The van der Waals surface area contributed by atoms with Crippen LogP contribution in [0.1, 0.15) is 219 Å². The number of pyridine rings is 1. The first-order valence-corrected chi connectivity index (χ1v) is 22.8. The maximum atomic E-state index is 6.86. The number of unbranched alkanes of at least 4 members (excludes halogenated alkanes) is 18. The van der Waals surface area contributed by atoms with Crippen LogP contribution >= 0.6 is 0 Å². The molecule has 0 spiro atoms. The van der Waals surface area contributed by atoms with Gasteiger partial charge in [-0.1, -0.05) is 159 Å². The predicted octanol–water partition coefficient (Wildman–Crippen LogP) is 16.0. The van der Waals surface area contributed by atoms with Crippen molar-refractivity contribution in [3.05, 3.63) is 78.7 Å². The second-order valence-electron chi connectivity index (χ2n) is 16.6. The van der Waals surface area contributed by atoms with E-state index in [1.165, 1.54) is 147 Å². The molecule has 2 rings (SSSR count). The topological polar surface area (TPSA) is 31.4 Å². The Morgan fingerprint density at radius 1 is 0.623 bits per heavy atom. The van der Waals surface area contributed by atoms with Gasteiger partial charge in [-0.3, -0.25) is 4.98 Å². The summed E-state index contributed by atoms with van der Waals surface area (Å²) in [5.74, 6) is -0.353. The number of hydrogen-bond donors (Lipinski definition) is 0. The van der Waals surface area contributed by atoms with E-state index in [0.717, 1.165) is 51.6 Å². The van der Waals surface area contributed by atoms with Crippen LogP contribution in [-0.4, -0.2) is 23.5 Å². The minimum absolute atomic E-state index is 0.132. The van der Waals surface area contributed by atoms with E-state index in [9.17, 15) is 0 Å². The van der Waals surface area contributed by atoms with E-state index in [2.05, 4.69) is 93.4 Å². The fraction of sp³-hybridized carbons (Fsp3) is 0.740. The van der Waals surface area contributed by atoms with Crippen molar-refractivity contribution in [1.82, 2.24) is 4.98 Å². The van der Waals surface area contributed by atoms with Crippen LogP contribution in [0.25, 0.3) is 0 Å². The molecule has 0 saturated carbocycles. The standard InChI is InChI=1S/C50H85NO2/c1-5-7-9-11-13-15-17-19-21-23-25-27-29-31-33-35-42-50(43-36-34-32-30-28-26-24-22-20-18-16-14-12-10-8-6-2)52-46-48(53-50)40-37-41-49(3,4)47-39-38-44-51-45-47/h13-16,19-22,38-39,44-45,48H,5-12,17-18,23-37,40-43,46H2,1-4H3/b15-13-,16-14-,21-19-,22-20-. The van der Waals surface area contributed by atoms with Gasteiger partial charge in [-0.25, -0.2) is 0 Å². The maximum absolute atomic E-state index is 6.86. The second-order valence-corrected chi connectivity index (χ2v) is 16.6. The Bertz CT molecular complexity index is 1020. The lowest BCUT2D eigenvalue weighted by Gasteiger charge is -2.29. The summed E-state index contributed by atoms with van der Waals surface area (Å²) in [7, 11) is 0. The first-order chi connectivity index (χ1) is 26.0. The van der Waals surface area contributed by atoms with E-state index in [-0.39, 0.29) is 17.3 Å². The molecule has 53 heavy (non-hydrogen) atoms. The van der Waals surface area contributed by atoms with E-state index in [1.807, 2.05) is 12.4 Å². The van der Waals surface area contributed by atoms with E-state index >= 15 is 0 Å². The van der Waals surface area contributed by atoms with Crippen LogP contribution < -0.4 is 0 Å². The van der Waals surface area contributed by atoms with Crippen LogP contribution in [0.2, 0.25) is 0 Å². The van der Waals surface area contributed by atoms with Gasteiger partial charge >= 0.3 is 0 Å². The minimum atomic E-state index is -0.353. The van der Waals surface area contributed by atoms with Gasteiger partial charge in [0, 0.05) is 25.2 Å². The van der Waals surface area contributed by atoms with Gasteiger partial charge in [0.15, 0.2) is 5.79 Å². The minimum Gasteiger partial charge on any atom is -0.347 e. The van der Waals surface area contributed by atoms with E-state index < -0.39 is 0 Å². The molecule has 2 heterocycles. The van der Waals surface area contributed by atoms with Gasteiger partial charge in [0.25, 0.3) is 0 Å². The summed E-state index contributed by atoms with van der Waals surface area (Å²) in [5, 5.41) is 0. The Morgan fingerprint density at radius 3 is 1.57 bits per heavy atom. The van der Waals surface area contributed by atoms with Crippen LogP contribution in [0.15, 0.2) is 73.1 Å². The van der Waals surface area contributed by atoms with Crippen molar-refractivity contribution in [2.75, 3.05) is 6.61 Å². The van der Waals surface area contributed by atoms with Gasteiger partial charge in [-0.15, -0.1) is 0 Å². The smallest absolute Gasteiger partial charge is 0.168 e. The zero-order valence-corrected chi connectivity index (χ0v) is 35.5. The molecular formula is C50H85NO2. The van der Waals surface area contributed by atoms with E-state index in [0.29, 0.717) is 0 Å². The molecule has 1 aliphatic heterocycles. The number of nitrogens with zero attached hydrogens (tertiary/aromatic N) is 1. The van der Waals surface area contributed by atoms with Gasteiger partial charge in [0.2, 0.25) is 0 Å². The average Bonchev–Trinajstić information content (AvgIpc) is 3.57. The highest BCUT2D eigenvalue weighted by Crippen LogP contribution is 2.37. The number of ether oxygens (including phenoxy) is 2. The van der Waals surface area contributed by atoms with Gasteiger partial charge in [0.05, 0.1) is 12.7 Å². The number of rotatable bonds is 35. The van der Waals surface area contributed by atoms with Gasteiger partial charge in [-0.2, -0.15) is 0 Å². The third kappa shape index (κ3) is 24.9. The first kappa shape index (κ1) is 47.2. The van der Waals surface area contributed by atoms with Crippen molar-refractivity contribution in [3.63, 3.8) is 0 Å². The van der Waals surface area contributed by atoms with Crippen molar-refractivity contribution >= 4 is 0 Å². The summed E-state index contributed by atoms with van der Waals surface area (Å²) < 4.78 is 13.5. The van der Waals surface area contributed by atoms with Crippen molar-refractivity contribution in [2.24, 2.45) is 0 Å². The molecule has 1 unspecified atom stereocenters. The largest absolute Gasteiger partial charge is 0.347 e. The number of allylic oxidation sites excluding steroid dienone is 8. The van der Waals surface area contributed by atoms with Crippen molar-refractivity contribution in [1.29, 1.82) is 0 Å². The van der Waals surface area contributed by atoms with Crippen molar-refractivity contribution < 1.29 is 9.47 Å². The molecule has 0 aliphatic carbocycles. The van der Waals surface area contributed by atoms with Crippen LogP contribution in [-0.2, 0) is 14.9 Å². The summed E-state index contributed by atoms with van der Waals surface area (Å²) in [6.07, 6.45) is 59.3. The van der Waals surface area contributed by atoms with Crippen LogP contribution in [0.3, 0.4) is 0 Å². The number of aromatic nitrogens is 1. The summed E-state index contributed by atoms with van der Waals surface area (Å²) in [5.41, 5.74) is 1.46. The highest BCUT2D eigenvalue weighted by atomic mass is 16.7. The van der Waals surface area contributed by atoms with Crippen LogP contribution in [0.4, 0.5) is 0 Å². The fourth-order valence-corrected chi connectivity index (χ4v) is 7.59. The van der Waals surface area contributed by atoms with Crippen molar-refractivity contribution in [2.45, 2.75) is 231 Å². The third-order valence-corrected chi connectivity index (χ3v) is 11.2. The van der Waals surface area contributed by atoms with Crippen molar-refractivity contribution in [3.8, 4) is 0 Å². The molecule has 1 aliphatic rings. The Labute approximate surface area is 330 Å². The van der Waals surface area contributed by atoms with Gasteiger partial charge < -0.3 is 9.47 Å². The monoisotopic (exact) mass is 732 g/mol. The molecule has 1 saturated heterocycles. The molecule has 0 amide bonds. The molecule has 1 atom stereocenters. The second kappa shape index (κ2) is 32.3. The summed E-state index contributed by atoms with van der Waals surface area (Å²) in [4.78, 5) is 4.36. The summed E-state index contributed by atoms with van der Waals surface area (Å²) in [6, 6.07) is 4.27. The highest BCUT2D eigenvalue weighted by Gasteiger charge is 2.40. The lowest BCUT2D eigenvalue weighted by atomic mass is 9.81. The predicted molar refractivity (Wildman–Crippen MR) is 233 cm³/mol. The fourth-order valence-electron chi connectivity index (χ4n) is 7.59. The van der Waals surface area contributed by atoms with Crippen LogP contribution in [0.5, 0.6) is 0 Å². The lowest BCUT2D eigenvalue weighted by Crippen LogP contribution is -2.31. The molecule has 3 heteroatoms. The molecule has 0 bridgehead atoms. The number of hydrogen-bond acceptors (Lipinski definition) is 3. The summed E-state index contributed by atoms with van der Waals surface area (Å²) >= 11 is 0. The third-order valence-electron chi connectivity index (χ3n) is 11.2.